The highest BCUT2D eigenvalue weighted by Crippen LogP contribution is 2.20. The number of rotatable bonds is 4. The molecule has 0 unspecified atom stereocenters. The van der Waals surface area contributed by atoms with Crippen LogP contribution in [-0.4, -0.2) is 68.5 Å². The van der Waals surface area contributed by atoms with Crippen molar-refractivity contribution in [3.05, 3.63) is 29.3 Å². The maximum Gasteiger partial charge on any atom is 0.254 e. The predicted octanol–water partition coefficient (Wildman–Crippen LogP) is 0.507. The zero-order valence-electron chi connectivity index (χ0n) is 13.4. The standard InChI is InChI=1S/C16H23N3O3/c1-12-4-5-13(10-14(12)22-3)16(21)19-8-6-18(7-9-19)15(20)11-17-2/h4-5,10,17H,6-9,11H2,1-3H3. The van der Waals surface area contributed by atoms with E-state index in [1.54, 1.807) is 30.0 Å². The molecule has 1 aromatic rings. The number of ether oxygens (including phenoxy) is 1. The maximum atomic E-state index is 12.5. The van der Waals surface area contributed by atoms with E-state index in [2.05, 4.69) is 5.32 Å². The van der Waals surface area contributed by atoms with Gasteiger partial charge in [-0.3, -0.25) is 9.59 Å². The van der Waals surface area contributed by atoms with Crippen molar-refractivity contribution in [2.75, 3.05) is 46.9 Å². The summed E-state index contributed by atoms with van der Waals surface area (Å²) < 4.78 is 5.27. The second-order valence-corrected chi connectivity index (χ2v) is 5.39. The number of carbonyl (C=O) groups excluding carboxylic acids is 2. The number of aryl methyl sites for hydroxylation is 1. The van der Waals surface area contributed by atoms with Crippen LogP contribution in [0.4, 0.5) is 0 Å². The van der Waals surface area contributed by atoms with E-state index < -0.39 is 0 Å². The molecule has 1 aliphatic heterocycles. The van der Waals surface area contributed by atoms with Gasteiger partial charge in [-0.25, -0.2) is 0 Å². The average molecular weight is 305 g/mol. The van der Waals surface area contributed by atoms with Crippen LogP contribution in [0.15, 0.2) is 18.2 Å². The minimum atomic E-state index is -0.0148. The Labute approximate surface area is 131 Å². The molecular weight excluding hydrogens is 282 g/mol. The van der Waals surface area contributed by atoms with E-state index in [1.807, 2.05) is 19.1 Å². The van der Waals surface area contributed by atoms with Gasteiger partial charge in [0.15, 0.2) is 0 Å². The number of nitrogens with one attached hydrogen (secondary N) is 1. The summed E-state index contributed by atoms with van der Waals surface area (Å²) in [5, 5.41) is 2.86. The molecule has 1 heterocycles. The highest BCUT2D eigenvalue weighted by molar-refractivity contribution is 5.95. The number of methoxy groups -OCH3 is 1. The summed E-state index contributed by atoms with van der Waals surface area (Å²) in [6, 6.07) is 5.48. The molecule has 0 atom stereocenters. The van der Waals surface area contributed by atoms with Crippen LogP contribution in [0.1, 0.15) is 15.9 Å². The van der Waals surface area contributed by atoms with E-state index in [4.69, 9.17) is 4.74 Å². The topological polar surface area (TPSA) is 61.9 Å². The molecule has 1 N–H and O–H groups in total. The minimum absolute atomic E-state index is 0.0148. The third kappa shape index (κ3) is 3.57. The first-order valence-corrected chi connectivity index (χ1v) is 7.43. The molecule has 0 aliphatic carbocycles. The molecule has 1 fully saturated rings. The van der Waals surface area contributed by atoms with Crippen molar-refractivity contribution in [1.82, 2.24) is 15.1 Å². The molecule has 0 aromatic heterocycles. The normalized spacial score (nSPS) is 14.9. The third-order valence-corrected chi connectivity index (χ3v) is 3.90. The largest absolute Gasteiger partial charge is 0.496 e. The summed E-state index contributed by atoms with van der Waals surface area (Å²) in [5.74, 6) is 0.777. The van der Waals surface area contributed by atoms with Gasteiger partial charge in [0.25, 0.3) is 5.91 Å². The molecule has 2 amide bonds. The molecule has 6 nitrogen and oxygen atoms in total. The quantitative estimate of drug-likeness (QED) is 0.880. The summed E-state index contributed by atoms with van der Waals surface area (Å²) in [5.41, 5.74) is 1.62. The molecule has 6 heteroatoms. The van der Waals surface area contributed by atoms with Crippen LogP contribution in [0.25, 0.3) is 0 Å². The van der Waals surface area contributed by atoms with Crippen LogP contribution in [0.2, 0.25) is 0 Å². The Morgan fingerprint density at radius 1 is 1.18 bits per heavy atom. The predicted molar refractivity (Wildman–Crippen MR) is 84.1 cm³/mol. The van der Waals surface area contributed by atoms with Crippen LogP contribution in [0.5, 0.6) is 5.75 Å². The van der Waals surface area contributed by atoms with Crippen molar-refractivity contribution in [2.24, 2.45) is 0 Å². The van der Waals surface area contributed by atoms with Gasteiger partial charge in [-0.15, -0.1) is 0 Å². The molecule has 1 aromatic carbocycles. The van der Waals surface area contributed by atoms with E-state index in [9.17, 15) is 9.59 Å². The molecule has 1 aliphatic rings. The Morgan fingerprint density at radius 3 is 2.41 bits per heavy atom. The van der Waals surface area contributed by atoms with E-state index in [0.29, 0.717) is 44.0 Å². The van der Waals surface area contributed by atoms with Gasteiger partial charge in [-0.1, -0.05) is 6.07 Å². The average Bonchev–Trinajstić information content (AvgIpc) is 2.55. The van der Waals surface area contributed by atoms with Gasteiger partial charge in [-0.2, -0.15) is 0 Å². The summed E-state index contributed by atoms with van der Waals surface area (Å²) in [4.78, 5) is 27.9. The van der Waals surface area contributed by atoms with E-state index >= 15 is 0 Å². The van der Waals surface area contributed by atoms with Crippen molar-refractivity contribution in [3.63, 3.8) is 0 Å². The molecule has 0 radical (unpaired) electrons. The van der Waals surface area contributed by atoms with Gasteiger partial charge in [0.1, 0.15) is 5.75 Å². The molecule has 120 valence electrons. The molecule has 0 saturated carbocycles. The zero-order chi connectivity index (χ0) is 16.1. The Kier molecular flexibility index (Phi) is 5.38. The summed E-state index contributed by atoms with van der Waals surface area (Å²) in [7, 11) is 3.35. The van der Waals surface area contributed by atoms with Gasteiger partial charge >= 0.3 is 0 Å². The number of nitrogens with zero attached hydrogens (tertiary/aromatic N) is 2. The lowest BCUT2D eigenvalue weighted by Crippen LogP contribution is -2.52. The van der Waals surface area contributed by atoms with Gasteiger partial charge < -0.3 is 19.9 Å². The SMILES string of the molecule is CNCC(=O)N1CCN(C(=O)c2ccc(C)c(OC)c2)CC1. The number of hydrogen-bond donors (Lipinski definition) is 1. The van der Waals surface area contributed by atoms with Crippen molar-refractivity contribution in [2.45, 2.75) is 6.92 Å². The van der Waals surface area contributed by atoms with E-state index in [0.717, 1.165) is 5.56 Å². The zero-order valence-corrected chi connectivity index (χ0v) is 13.4. The van der Waals surface area contributed by atoms with Crippen LogP contribution in [0, 0.1) is 6.92 Å². The molecule has 1 saturated heterocycles. The van der Waals surface area contributed by atoms with Crippen molar-refractivity contribution >= 4 is 11.8 Å². The van der Waals surface area contributed by atoms with Gasteiger partial charge in [-0.05, 0) is 31.7 Å². The smallest absolute Gasteiger partial charge is 0.254 e. The Bertz CT molecular complexity index is 552. The first-order valence-electron chi connectivity index (χ1n) is 7.43. The van der Waals surface area contributed by atoms with Crippen LogP contribution in [0.3, 0.4) is 0 Å². The lowest BCUT2D eigenvalue weighted by molar-refractivity contribution is -0.131. The van der Waals surface area contributed by atoms with Crippen LogP contribution >= 0.6 is 0 Å². The van der Waals surface area contributed by atoms with Crippen molar-refractivity contribution in [3.8, 4) is 5.75 Å². The molecule has 0 spiro atoms. The Morgan fingerprint density at radius 2 is 1.82 bits per heavy atom. The van der Waals surface area contributed by atoms with Crippen LogP contribution in [-0.2, 0) is 4.79 Å². The molecule has 22 heavy (non-hydrogen) atoms. The molecule has 0 bridgehead atoms. The second-order valence-electron chi connectivity index (χ2n) is 5.39. The molecular formula is C16H23N3O3. The number of hydrogen-bond acceptors (Lipinski definition) is 4. The summed E-state index contributed by atoms with van der Waals surface area (Å²) in [6.45, 7) is 4.56. The second kappa shape index (κ2) is 7.26. The Balaban J connectivity index is 1.99. The number of carbonyl (C=O) groups is 2. The number of likely N-dealkylation sites (N-methyl/N-ethyl adjacent to an activating group) is 1. The van der Waals surface area contributed by atoms with E-state index in [-0.39, 0.29) is 11.8 Å². The first kappa shape index (κ1) is 16.3. The Hall–Kier alpha value is -2.08. The highest BCUT2D eigenvalue weighted by atomic mass is 16.5. The van der Waals surface area contributed by atoms with Crippen molar-refractivity contribution < 1.29 is 14.3 Å². The third-order valence-electron chi connectivity index (χ3n) is 3.90. The van der Waals surface area contributed by atoms with E-state index in [1.165, 1.54) is 0 Å². The van der Waals surface area contributed by atoms with Gasteiger partial charge in [0.05, 0.1) is 13.7 Å². The summed E-state index contributed by atoms with van der Waals surface area (Å²) >= 11 is 0. The fourth-order valence-corrected chi connectivity index (χ4v) is 2.56. The number of amides is 2. The minimum Gasteiger partial charge on any atom is -0.496 e. The number of benzene rings is 1. The fraction of sp³-hybridized carbons (Fsp3) is 0.500. The lowest BCUT2D eigenvalue weighted by atomic mass is 10.1. The summed E-state index contributed by atoms with van der Waals surface area (Å²) in [6.07, 6.45) is 0. The maximum absolute atomic E-state index is 12.5. The van der Waals surface area contributed by atoms with Gasteiger partial charge in [0, 0.05) is 31.7 Å². The van der Waals surface area contributed by atoms with Gasteiger partial charge in [0.2, 0.25) is 5.91 Å². The number of piperazine rings is 1. The fourth-order valence-electron chi connectivity index (χ4n) is 2.56. The highest BCUT2D eigenvalue weighted by Gasteiger charge is 2.24. The lowest BCUT2D eigenvalue weighted by Gasteiger charge is -2.34. The van der Waals surface area contributed by atoms with Crippen LogP contribution < -0.4 is 10.1 Å². The monoisotopic (exact) mass is 305 g/mol. The first-order chi connectivity index (χ1) is 10.6. The van der Waals surface area contributed by atoms with Crippen molar-refractivity contribution in [1.29, 1.82) is 0 Å². The molecule has 2 rings (SSSR count).